The fourth-order valence-corrected chi connectivity index (χ4v) is 1.64. The Hall–Kier alpha value is -3.00. The first-order valence-corrected chi connectivity index (χ1v) is 6.46. The van der Waals surface area contributed by atoms with E-state index in [-0.39, 0.29) is 27.8 Å². The highest BCUT2D eigenvalue weighted by molar-refractivity contribution is 7.80. The molecule has 2 N–H and O–H groups in total. The van der Waals surface area contributed by atoms with Crippen LogP contribution < -0.4 is 19.9 Å². The van der Waals surface area contributed by atoms with E-state index in [1.54, 1.807) is 0 Å². The lowest BCUT2D eigenvalue weighted by atomic mass is 10.2. The maximum atomic E-state index is 11.4. The quantitative estimate of drug-likeness (QED) is 0.269. The summed E-state index contributed by atoms with van der Waals surface area (Å²) in [5.74, 6) is -3.18. The number of hydrogen-bond acceptors (Lipinski definition) is 8. The van der Waals surface area contributed by atoms with E-state index in [2.05, 4.69) is 32.4 Å². The van der Waals surface area contributed by atoms with Crippen molar-refractivity contribution in [1.29, 1.82) is 0 Å². The fourth-order valence-electron chi connectivity index (χ4n) is 1.35. The number of nitrogens with two attached hydrogens (primary N) is 1. The topological polar surface area (TPSA) is 105 Å². The SMILES string of the molecule is C=CC(=O)Oc1cc(S)c(OC(=O)C=C)c(N)c1OC(=O)C=C. The van der Waals surface area contributed by atoms with Crippen LogP contribution >= 0.6 is 12.6 Å². The van der Waals surface area contributed by atoms with Gasteiger partial charge in [0.2, 0.25) is 5.75 Å². The van der Waals surface area contributed by atoms with Crippen LogP contribution in [0.25, 0.3) is 0 Å². The highest BCUT2D eigenvalue weighted by atomic mass is 32.1. The first-order valence-electron chi connectivity index (χ1n) is 6.02. The molecule has 120 valence electrons. The van der Waals surface area contributed by atoms with Crippen LogP contribution in [0.3, 0.4) is 0 Å². The lowest BCUT2D eigenvalue weighted by Crippen LogP contribution is -2.13. The largest absolute Gasteiger partial charge is 0.420 e. The molecule has 0 saturated heterocycles. The molecule has 0 aromatic heterocycles. The van der Waals surface area contributed by atoms with Crippen molar-refractivity contribution in [1.82, 2.24) is 0 Å². The molecule has 1 aromatic carbocycles. The van der Waals surface area contributed by atoms with Crippen molar-refractivity contribution in [3.8, 4) is 17.2 Å². The molecule has 8 heteroatoms. The Labute approximate surface area is 137 Å². The zero-order valence-electron chi connectivity index (χ0n) is 11.9. The lowest BCUT2D eigenvalue weighted by Gasteiger charge is -2.15. The molecule has 0 aliphatic rings. The zero-order chi connectivity index (χ0) is 17.6. The number of benzene rings is 1. The van der Waals surface area contributed by atoms with Gasteiger partial charge in [-0.05, 0) is 0 Å². The minimum Gasteiger partial charge on any atom is -0.420 e. The number of carbonyl (C=O) groups is 3. The van der Waals surface area contributed by atoms with E-state index in [1.807, 2.05) is 0 Å². The minimum atomic E-state index is -0.861. The average Bonchev–Trinajstić information content (AvgIpc) is 2.54. The predicted molar refractivity (Wildman–Crippen MR) is 85.6 cm³/mol. The van der Waals surface area contributed by atoms with Gasteiger partial charge >= 0.3 is 17.9 Å². The van der Waals surface area contributed by atoms with Crippen LogP contribution in [0.15, 0.2) is 48.9 Å². The zero-order valence-corrected chi connectivity index (χ0v) is 12.8. The predicted octanol–water partition coefficient (Wildman–Crippen LogP) is 1.83. The van der Waals surface area contributed by atoms with E-state index in [1.165, 1.54) is 6.07 Å². The van der Waals surface area contributed by atoms with Gasteiger partial charge in [-0.1, -0.05) is 19.7 Å². The number of ether oxygens (including phenoxy) is 3. The van der Waals surface area contributed by atoms with Crippen LogP contribution in [0, 0.1) is 0 Å². The van der Waals surface area contributed by atoms with E-state index in [0.717, 1.165) is 18.2 Å². The third-order valence-corrected chi connectivity index (χ3v) is 2.66. The molecular weight excluding hydrogens is 322 g/mol. The molecule has 23 heavy (non-hydrogen) atoms. The standard InChI is InChI=1S/C15H13NO6S/c1-4-10(17)20-8-7-9(23)15(22-12(19)6-3)13(16)14(8)21-11(18)5-2/h4-7,23H,1-3,16H2. The first-order chi connectivity index (χ1) is 10.8. The van der Waals surface area contributed by atoms with Gasteiger partial charge in [0.05, 0.1) is 4.90 Å². The molecular formula is C15H13NO6S. The number of hydrogen-bond donors (Lipinski definition) is 2. The Balaban J connectivity index is 3.45. The van der Waals surface area contributed by atoms with Crippen molar-refractivity contribution < 1.29 is 28.6 Å². The number of anilines is 1. The van der Waals surface area contributed by atoms with E-state index in [0.29, 0.717) is 0 Å². The number of carbonyl (C=O) groups excluding carboxylic acids is 3. The molecule has 7 nitrogen and oxygen atoms in total. The number of nitrogen functional groups attached to an aromatic ring is 1. The maximum Gasteiger partial charge on any atom is 0.335 e. The van der Waals surface area contributed by atoms with Crippen LogP contribution in [-0.4, -0.2) is 17.9 Å². The van der Waals surface area contributed by atoms with Gasteiger partial charge in [0.1, 0.15) is 5.69 Å². The van der Waals surface area contributed by atoms with Crippen molar-refractivity contribution >= 4 is 36.2 Å². The minimum absolute atomic E-state index is 0.0722. The van der Waals surface area contributed by atoms with Gasteiger partial charge in [-0.2, -0.15) is 0 Å². The van der Waals surface area contributed by atoms with E-state index in [9.17, 15) is 14.4 Å². The second-order valence-electron chi connectivity index (χ2n) is 3.84. The van der Waals surface area contributed by atoms with Crippen LogP contribution in [0.2, 0.25) is 0 Å². The highest BCUT2D eigenvalue weighted by Crippen LogP contribution is 2.45. The highest BCUT2D eigenvalue weighted by Gasteiger charge is 2.22. The van der Waals surface area contributed by atoms with Crippen LogP contribution in [0.1, 0.15) is 0 Å². The summed E-state index contributed by atoms with van der Waals surface area (Å²) in [6.45, 7) is 9.74. The summed E-state index contributed by atoms with van der Waals surface area (Å²) in [5, 5.41) is 0. The molecule has 0 atom stereocenters. The van der Waals surface area contributed by atoms with E-state index < -0.39 is 17.9 Å². The molecule has 0 unspecified atom stereocenters. The van der Waals surface area contributed by atoms with Gasteiger partial charge in [-0.3, -0.25) is 0 Å². The lowest BCUT2D eigenvalue weighted by molar-refractivity contribution is -0.131. The summed E-state index contributed by atoms with van der Waals surface area (Å²) in [6.07, 6.45) is 2.69. The van der Waals surface area contributed by atoms with Gasteiger partial charge in [0.25, 0.3) is 0 Å². The molecule has 0 amide bonds. The normalized spacial score (nSPS) is 9.43. The van der Waals surface area contributed by atoms with Crippen LogP contribution in [-0.2, 0) is 14.4 Å². The van der Waals surface area contributed by atoms with Gasteiger partial charge < -0.3 is 19.9 Å². The van der Waals surface area contributed by atoms with Crippen LogP contribution in [0.5, 0.6) is 17.2 Å². The molecule has 0 aliphatic carbocycles. The fraction of sp³-hybridized carbons (Fsp3) is 0. The number of rotatable bonds is 6. The Kier molecular flexibility index (Phi) is 6.16. The van der Waals surface area contributed by atoms with Crippen molar-refractivity contribution in [3.05, 3.63) is 44.0 Å². The molecule has 0 aliphatic heterocycles. The number of esters is 3. The summed E-state index contributed by atoms with van der Waals surface area (Å²) >= 11 is 4.09. The summed E-state index contributed by atoms with van der Waals surface area (Å²) in [7, 11) is 0. The maximum absolute atomic E-state index is 11.4. The Morgan fingerprint density at radius 2 is 1.35 bits per heavy atom. The molecule has 1 aromatic rings. The van der Waals surface area contributed by atoms with Gasteiger partial charge in [0.15, 0.2) is 11.5 Å². The average molecular weight is 335 g/mol. The molecule has 0 heterocycles. The first kappa shape index (κ1) is 18.1. The van der Waals surface area contributed by atoms with Crippen LogP contribution in [0.4, 0.5) is 5.69 Å². The van der Waals surface area contributed by atoms with Crippen molar-refractivity contribution in [2.45, 2.75) is 4.90 Å². The van der Waals surface area contributed by atoms with Gasteiger partial charge in [0, 0.05) is 24.3 Å². The third-order valence-electron chi connectivity index (χ3n) is 2.33. The van der Waals surface area contributed by atoms with Crippen molar-refractivity contribution in [3.63, 3.8) is 0 Å². The second-order valence-corrected chi connectivity index (χ2v) is 4.32. The summed E-state index contributed by atoms with van der Waals surface area (Å²) in [4.78, 5) is 34.2. The Morgan fingerprint density at radius 3 is 1.83 bits per heavy atom. The molecule has 0 radical (unpaired) electrons. The van der Waals surface area contributed by atoms with Gasteiger partial charge in [-0.25, -0.2) is 14.4 Å². The third kappa shape index (κ3) is 4.48. The molecule has 0 bridgehead atoms. The monoisotopic (exact) mass is 335 g/mol. The molecule has 0 saturated carbocycles. The van der Waals surface area contributed by atoms with Crippen molar-refractivity contribution in [2.75, 3.05) is 5.73 Å². The van der Waals surface area contributed by atoms with Crippen molar-refractivity contribution in [2.24, 2.45) is 0 Å². The summed E-state index contributed by atoms with van der Waals surface area (Å²) in [5.41, 5.74) is 5.55. The molecule has 0 fully saturated rings. The summed E-state index contributed by atoms with van der Waals surface area (Å²) in [6, 6.07) is 1.19. The Morgan fingerprint density at radius 1 is 0.913 bits per heavy atom. The van der Waals surface area contributed by atoms with E-state index in [4.69, 9.17) is 19.9 Å². The van der Waals surface area contributed by atoms with Gasteiger partial charge in [-0.15, -0.1) is 12.6 Å². The van der Waals surface area contributed by atoms with E-state index >= 15 is 0 Å². The smallest absolute Gasteiger partial charge is 0.335 e. The summed E-state index contributed by atoms with van der Waals surface area (Å²) < 4.78 is 14.8. The second kappa shape index (κ2) is 7.85. The molecule has 1 rings (SSSR count). The Bertz CT molecular complexity index is 710. The number of thiol groups is 1. The molecule has 0 spiro atoms.